The number of halogens is 2. The predicted molar refractivity (Wildman–Crippen MR) is 123 cm³/mol. The Morgan fingerprint density at radius 3 is 2.45 bits per heavy atom. The van der Waals surface area contributed by atoms with Crippen molar-refractivity contribution in [2.45, 2.75) is 25.3 Å². The van der Waals surface area contributed by atoms with Crippen LogP contribution in [0.2, 0.25) is 0 Å². The van der Waals surface area contributed by atoms with Gasteiger partial charge in [0, 0.05) is 48.6 Å². The van der Waals surface area contributed by atoms with E-state index >= 15 is 0 Å². The number of furan rings is 1. The van der Waals surface area contributed by atoms with Crippen LogP contribution in [0.1, 0.15) is 29.0 Å². The molecule has 2 aromatic carbocycles. The molecule has 2 aromatic heterocycles. The molecule has 0 bridgehead atoms. The van der Waals surface area contributed by atoms with Gasteiger partial charge in [-0.05, 0) is 53.6 Å². The molecule has 5 rings (SSSR count). The minimum atomic E-state index is -2.68. The highest BCUT2D eigenvalue weighted by Crippen LogP contribution is 2.35. The lowest BCUT2D eigenvalue weighted by molar-refractivity contribution is -0.0494. The number of likely N-dealkylation sites (tertiary alicyclic amines) is 1. The summed E-state index contributed by atoms with van der Waals surface area (Å²) in [5, 5.41) is 0.919. The summed E-state index contributed by atoms with van der Waals surface area (Å²) in [6, 6.07) is 18.9. The molecule has 1 saturated heterocycles. The summed E-state index contributed by atoms with van der Waals surface area (Å²) >= 11 is 0. The summed E-state index contributed by atoms with van der Waals surface area (Å²) < 4.78 is 32.8. The third kappa shape index (κ3) is 4.24. The lowest BCUT2D eigenvalue weighted by atomic mass is 9.97. The Bertz CT molecular complexity index is 1290. The van der Waals surface area contributed by atoms with Gasteiger partial charge in [-0.3, -0.25) is 9.78 Å². The first-order chi connectivity index (χ1) is 15.9. The van der Waals surface area contributed by atoms with Crippen molar-refractivity contribution in [1.29, 1.82) is 0 Å². The van der Waals surface area contributed by atoms with Crippen LogP contribution in [0.15, 0.2) is 71.3 Å². The SMILES string of the molecule is NCc1cc2cc(-c3ccc(C(=O)N4CCC(F)(F)CC4)cc3)cc(-c3ccccn3)c2o1. The minimum Gasteiger partial charge on any atom is -0.459 e. The third-order valence-corrected chi connectivity index (χ3v) is 6.06. The number of fused-ring (bicyclic) bond motifs is 1. The topological polar surface area (TPSA) is 72.4 Å². The van der Waals surface area contributed by atoms with E-state index in [0.717, 1.165) is 33.4 Å². The van der Waals surface area contributed by atoms with Crippen LogP contribution in [0.3, 0.4) is 0 Å². The lowest BCUT2D eigenvalue weighted by Gasteiger charge is -2.31. The largest absolute Gasteiger partial charge is 0.459 e. The van der Waals surface area contributed by atoms with Crippen LogP contribution in [0, 0.1) is 0 Å². The van der Waals surface area contributed by atoms with Crippen LogP contribution in [0.4, 0.5) is 8.78 Å². The molecule has 4 aromatic rings. The van der Waals surface area contributed by atoms with E-state index in [9.17, 15) is 13.6 Å². The fourth-order valence-electron chi connectivity index (χ4n) is 4.21. The number of alkyl halides is 2. The summed E-state index contributed by atoms with van der Waals surface area (Å²) in [6.07, 6.45) is 1.16. The van der Waals surface area contributed by atoms with Gasteiger partial charge >= 0.3 is 0 Å². The highest BCUT2D eigenvalue weighted by atomic mass is 19.3. The summed E-state index contributed by atoms with van der Waals surface area (Å²) in [4.78, 5) is 18.7. The van der Waals surface area contributed by atoms with E-state index in [1.165, 1.54) is 4.90 Å². The Morgan fingerprint density at radius 2 is 1.79 bits per heavy atom. The van der Waals surface area contributed by atoms with Crippen molar-refractivity contribution in [1.82, 2.24) is 9.88 Å². The van der Waals surface area contributed by atoms with E-state index in [1.54, 1.807) is 18.3 Å². The number of hydrogen-bond acceptors (Lipinski definition) is 4. The Morgan fingerprint density at radius 1 is 1.03 bits per heavy atom. The Labute approximate surface area is 189 Å². The van der Waals surface area contributed by atoms with Crippen LogP contribution < -0.4 is 5.73 Å². The number of nitrogens with zero attached hydrogens (tertiary/aromatic N) is 2. The van der Waals surface area contributed by atoms with E-state index in [0.29, 0.717) is 17.9 Å². The Hall–Kier alpha value is -3.58. The molecular weight excluding hydrogens is 424 g/mol. The molecule has 0 spiro atoms. The maximum atomic E-state index is 13.4. The number of amides is 1. The lowest BCUT2D eigenvalue weighted by Crippen LogP contribution is -2.42. The Kier molecular flexibility index (Phi) is 5.42. The van der Waals surface area contributed by atoms with E-state index in [-0.39, 0.29) is 31.8 Å². The summed E-state index contributed by atoms with van der Waals surface area (Å²) in [5.74, 6) is -2.21. The number of aromatic nitrogens is 1. The molecule has 3 heterocycles. The summed E-state index contributed by atoms with van der Waals surface area (Å²) in [6.45, 7) is 0.439. The van der Waals surface area contributed by atoms with Crippen molar-refractivity contribution in [2.24, 2.45) is 5.73 Å². The van der Waals surface area contributed by atoms with Gasteiger partial charge < -0.3 is 15.1 Å². The van der Waals surface area contributed by atoms with Crippen LogP contribution >= 0.6 is 0 Å². The molecule has 1 aliphatic heterocycles. The number of carbonyl (C=O) groups excluding carboxylic acids is 1. The number of hydrogen-bond donors (Lipinski definition) is 1. The van der Waals surface area contributed by atoms with Gasteiger partial charge in [0.25, 0.3) is 11.8 Å². The second-order valence-electron chi connectivity index (χ2n) is 8.30. The van der Waals surface area contributed by atoms with Crippen molar-refractivity contribution in [3.8, 4) is 22.4 Å². The molecule has 7 heteroatoms. The van der Waals surface area contributed by atoms with E-state index in [4.69, 9.17) is 10.2 Å². The van der Waals surface area contributed by atoms with Gasteiger partial charge in [-0.2, -0.15) is 0 Å². The number of benzene rings is 2. The van der Waals surface area contributed by atoms with Gasteiger partial charge in [0.2, 0.25) is 0 Å². The first kappa shape index (κ1) is 21.3. The van der Waals surface area contributed by atoms with Crippen molar-refractivity contribution in [3.63, 3.8) is 0 Å². The smallest absolute Gasteiger partial charge is 0.253 e. The molecule has 0 radical (unpaired) electrons. The molecule has 33 heavy (non-hydrogen) atoms. The van der Waals surface area contributed by atoms with Crippen LogP contribution in [-0.4, -0.2) is 34.8 Å². The number of pyridine rings is 1. The van der Waals surface area contributed by atoms with Crippen LogP contribution in [0.5, 0.6) is 0 Å². The van der Waals surface area contributed by atoms with Gasteiger partial charge in [-0.1, -0.05) is 18.2 Å². The maximum Gasteiger partial charge on any atom is 0.253 e. The number of carbonyl (C=O) groups is 1. The van der Waals surface area contributed by atoms with Crippen molar-refractivity contribution in [3.05, 3.63) is 78.2 Å². The molecule has 5 nitrogen and oxygen atoms in total. The molecule has 1 aliphatic rings. The number of nitrogens with two attached hydrogens (primary N) is 1. The first-order valence-electron chi connectivity index (χ1n) is 10.9. The Balaban J connectivity index is 1.47. The molecule has 0 unspecified atom stereocenters. The predicted octanol–water partition coefficient (Wildman–Crippen LogP) is 5.49. The van der Waals surface area contributed by atoms with Crippen molar-refractivity contribution in [2.75, 3.05) is 13.1 Å². The standard InChI is InChI=1S/C26H23F2N3O2/c27-26(28)8-11-31(12-9-26)25(32)18-6-4-17(5-7-18)19-13-20-14-21(16-29)33-24(20)22(15-19)23-3-1-2-10-30-23/h1-7,10,13-15H,8-9,11-12,16,29H2. The second-order valence-corrected chi connectivity index (χ2v) is 8.30. The first-order valence-corrected chi connectivity index (χ1v) is 10.9. The average Bonchev–Trinajstić information content (AvgIpc) is 3.27. The fraction of sp³-hybridized carbons (Fsp3) is 0.231. The monoisotopic (exact) mass is 447 g/mol. The van der Waals surface area contributed by atoms with Gasteiger partial charge in [0.05, 0.1) is 12.2 Å². The zero-order chi connectivity index (χ0) is 23.0. The van der Waals surface area contributed by atoms with Crippen molar-refractivity contribution < 1.29 is 18.0 Å². The molecule has 2 N–H and O–H groups in total. The molecular formula is C26H23F2N3O2. The normalized spacial score (nSPS) is 15.7. The summed E-state index contributed by atoms with van der Waals surface area (Å²) in [5.41, 5.74) is 10.5. The number of rotatable bonds is 4. The maximum absolute atomic E-state index is 13.4. The van der Waals surface area contributed by atoms with Crippen LogP contribution in [0.25, 0.3) is 33.4 Å². The second kappa shape index (κ2) is 8.41. The van der Waals surface area contributed by atoms with Gasteiger partial charge in [0.15, 0.2) is 0 Å². The molecule has 0 aliphatic carbocycles. The molecule has 0 saturated carbocycles. The van der Waals surface area contributed by atoms with Gasteiger partial charge in [0.1, 0.15) is 11.3 Å². The molecule has 1 amide bonds. The number of piperidine rings is 1. The average molecular weight is 447 g/mol. The van der Waals surface area contributed by atoms with Gasteiger partial charge in [-0.15, -0.1) is 0 Å². The highest BCUT2D eigenvalue weighted by Gasteiger charge is 2.35. The zero-order valence-electron chi connectivity index (χ0n) is 17.9. The van der Waals surface area contributed by atoms with E-state index in [2.05, 4.69) is 4.98 Å². The highest BCUT2D eigenvalue weighted by molar-refractivity contribution is 5.97. The van der Waals surface area contributed by atoms with Gasteiger partial charge in [-0.25, -0.2) is 8.78 Å². The molecule has 1 fully saturated rings. The van der Waals surface area contributed by atoms with Crippen LogP contribution in [-0.2, 0) is 6.54 Å². The van der Waals surface area contributed by atoms with E-state index < -0.39 is 5.92 Å². The van der Waals surface area contributed by atoms with Crippen molar-refractivity contribution >= 4 is 16.9 Å². The summed E-state index contributed by atoms with van der Waals surface area (Å²) in [7, 11) is 0. The molecule has 168 valence electrons. The minimum absolute atomic E-state index is 0.0711. The quantitative estimate of drug-likeness (QED) is 0.449. The molecule has 0 atom stereocenters. The fourth-order valence-corrected chi connectivity index (χ4v) is 4.21. The van der Waals surface area contributed by atoms with E-state index in [1.807, 2.05) is 48.5 Å². The zero-order valence-corrected chi connectivity index (χ0v) is 17.9. The third-order valence-electron chi connectivity index (χ3n) is 6.06.